The molecule has 0 saturated carbocycles. The van der Waals surface area contributed by atoms with Gasteiger partial charge in [-0.05, 0) is 62.6 Å². The van der Waals surface area contributed by atoms with Crippen LogP contribution in [0.3, 0.4) is 0 Å². The molecule has 2 aromatic rings. The zero-order valence-electron chi connectivity index (χ0n) is 16.5. The predicted molar refractivity (Wildman–Crippen MR) is 132 cm³/mol. The van der Waals surface area contributed by atoms with E-state index in [0.717, 1.165) is 55.1 Å². The molecule has 0 aliphatic carbocycles. The van der Waals surface area contributed by atoms with Crippen molar-refractivity contribution in [3.63, 3.8) is 0 Å². The van der Waals surface area contributed by atoms with Crippen molar-refractivity contribution in [3.05, 3.63) is 58.3 Å². The van der Waals surface area contributed by atoms with Gasteiger partial charge in [0.15, 0.2) is 5.96 Å². The van der Waals surface area contributed by atoms with Gasteiger partial charge in [0.25, 0.3) is 0 Å². The van der Waals surface area contributed by atoms with E-state index in [1.54, 1.807) is 0 Å². The van der Waals surface area contributed by atoms with Gasteiger partial charge in [-0.1, -0.05) is 22.0 Å². The highest BCUT2D eigenvalue weighted by atomic mass is 127. The number of guanidine groups is 1. The van der Waals surface area contributed by atoms with Crippen molar-refractivity contribution in [2.75, 3.05) is 31.1 Å². The maximum Gasteiger partial charge on any atom is 0.191 e. The van der Waals surface area contributed by atoms with E-state index in [0.29, 0.717) is 6.04 Å². The first-order valence-corrected chi connectivity index (χ1v) is 10.4. The summed E-state index contributed by atoms with van der Waals surface area (Å²) in [5.74, 6) is 0.903. The molecule has 1 saturated heterocycles. The van der Waals surface area contributed by atoms with Gasteiger partial charge in [-0.25, -0.2) is 0 Å². The highest BCUT2D eigenvalue weighted by Gasteiger charge is 2.23. The maximum absolute atomic E-state index is 4.75. The maximum atomic E-state index is 4.75. The van der Waals surface area contributed by atoms with Crippen LogP contribution in [-0.4, -0.2) is 43.2 Å². The second-order valence-electron chi connectivity index (χ2n) is 6.87. The summed E-state index contributed by atoms with van der Waals surface area (Å²) < 4.78 is 1.12. The molecular weight excluding hydrogens is 529 g/mol. The fourth-order valence-electron chi connectivity index (χ4n) is 3.22. The molecule has 3 rings (SSSR count). The first-order chi connectivity index (χ1) is 13.1. The van der Waals surface area contributed by atoms with Crippen molar-refractivity contribution in [1.82, 2.24) is 15.6 Å². The minimum atomic E-state index is 0. The highest BCUT2D eigenvalue weighted by molar-refractivity contribution is 14.0. The van der Waals surface area contributed by atoms with Crippen LogP contribution in [0.1, 0.15) is 24.6 Å². The second-order valence-corrected chi connectivity index (χ2v) is 7.79. The fourth-order valence-corrected chi connectivity index (χ4v) is 3.49. The van der Waals surface area contributed by atoms with Gasteiger partial charge in [-0.2, -0.15) is 0 Å². The number of aliphatic imine (C=N–C) groups is 1. The van der Waals surface area contributed by atoms with Gasteiger partial charge in [0.05, 0.1) is 0 Å². The zero-order chi connectivity index (χ0) is 19.1. The monoisotopic (exact) mass is 557 g/mol. The molecule has 1 atom stereocenters. The average molecular weight is 558 g/mol. The summed E-state index contributed by atoms with van der Waals surface area (Å²) in [5, 5.41) is 6.96. The smallest absolute Gasteiger partial charge is 0.191 e. The number of aromatic nitrogens is 1. The molecule has 0 bridgehead atoms. The molecule has 0 radical (unpaired) electrons. The third-order valence-electron chi connectivity index (χ3n) is 4.71. The number of rotatable bonds is 6. The number of benzene rings is 1. The number of anilines is 1. The molecule has 1 unspecified atom stereocenters. The number of aryl methyl sites for hydroxylation is 1. The highest BCUT2D eigenvalue weighted by Crippen LogP contribution is 2.22. The van der Waals surface area contributed by atoms with Crippen LogP contribution in [0.15, 0.2) is 52.1 Å². The van der Waals surface area contributed by atoms with E-state index in [9.17, 15) is 0 Å². The minimum Gasteiger partial charge on any atom is -0.369 e. The summed E-state index contributed by atoms with van der Waals surface area (Å²) in [6.45, 7) is 7.78. The van der Waals surface area contributed by atoms with E-state index in [4.69, 9.17) is 4.99 Å². The van der Waals surface area contributed by atoms with E-state index in [1.807, 2.05) is 13.1 Å². The third-order valence-corrected chi connectivity index (χ3v) is 5.24. The van der Waals surface area contributed by atoms with E-state index in [1.165, 1.54) is 11.3 Å². The Morgan fingerprint density at radius 2 is 2.04 bits per heavy atom. The average Bonchev–Trinajstić information content (AvgIpc) is 3.12. The van der Waals surface area contributed by atoms with Crippen molar-refractivity contribution in [2.45, 2.75) is 32.7 Å². The van der Waals surface area contributed by atoms with Crippen molar-refractivity contribution in [2.24, 2.45) is 4.99 Å². The third kappa shape index (κ3) is 6.92. The standard InChI is InChI=1S/C21H28BrN5.HI/c1-3-23-21(24-12-10-17-5-4-16(2)25-14-17)26-19-11-13-27(15-19)20-8-6-18(22)7-9-20;/h4-9,14,19H,3,10-13,15H2,1-2H3,(H2,23,24,26);1H. The molecular formula is C21H29BrIN5. The Kier molecular flexibility index (Phi) is 9.50. The first-order valence-electron chi connectivity index (χ1n) is 9.61. The molecule has 1 aliphatic rings. The van der Waals surface area contributed by atoms with Crippen LogP contribution in [0, 0.1) is 6.92 Å². The number of nitrogens with one attached hydrogen (secondary N) is 2. The van der Waals surface area contributed by atoms with Crippen LogP contribution in [0.4, 0.5) is 5.69 Å². The molecule has 28 heavy (non-hydrogen) atoms. The molecule has 2 heterocycles. The van der Waals surface area contributed by atoms with Gasteiger partial charge in [0, 0.05) is 54.3 Å². The van der Waals surface area contributed by atoms with E-state index < -0.39 is 0 Å². The van der Waals surface area contributed by atoms with E-state index in [2.05, 4.69) is 79.8 Å². The van der Waals surface area contributed by atoms with Crippen LogP contribution in [0.5, 0.6) is 0 Å². The second kappa shape index (κ2) is 11.6. The summed E-state index contributed by atoms with van der Waals surface area (Å²) >= 11 is 3.50. The van der Waals surface area contributed by atoms with Crippen LogP contribution in [-0.2, 0) is 6.42 Å². The lowest BCUT2D eigenvalue weighted by Crippen LogP contribution is -2.44. The molecule has 2 N–H and O–H groups in total. The summed E-state index contributed by atoms with van der Waals surface area (Å²) in [4.78, 5) is 11.5. The number of nitrogens with zero attached hydrogens (tertiary/aromatic N) is 3. The largest absolute Gasteiger partial charge is 0.369 e. The van der Waals surface area contributed by atoms with Crippen LogP contribution in [0.25, 0.3) is 0 Å². The SMILES string of the molecule is CCNC(=NCCc1ccc(C)nc1)NC1CCN(c2ccc(Br)cc2)C1.I. The normalized spacial score (nSPS) is 16.6. The van der Waals surface area contributed by atoms with Crippen molar-refractivity contribution >= 4 is 51.6 Å². The zero-order valence-corrected chi connectivity index (χ0v) is 20.4. The lowest BCUT2D eigenvalue weighted by atomic mass is 10.2. The Morgan fingerprint density at radius 1 is 1.25 bits per heavy atom. The summed E-state index contributed by atoms with van der Waals surface area (Å²) in [6, 6.07) is 13.1. The van der Waals surface area contributed by atoms with E-state index >= 15 is 0 Å². The quantitative estimate of drug-likeness (QED) is 0.318. The van der Waals surface area contributed by atoms with Gasteiger partial charge < -0.3 is 15.5 Å². The Balaban J connectivity index is 0.00000280. The van der Waals surface area contributed by atoms with Crippen molar-refractivity contribution < 1.29 is 0 Å². The van der Waals surface area contributed by atoms with Gasteiger partial charge in [-0.3, -0.25) is 9.98 Å². The molecule has 0 amide bonds. The van der Waals surface area contributed by atoms with Crippen molar-refractivity contribution in [1.29, 1.82) is 0 Å². The Bertz CT molecular complexity index is 748. The lowest BCUT2D eigenvalue weighted by molar-refractivity contribution is 0.649. The van der Waals surface area contributed by atoms with Gasteiger partial charge >= 0.3 is 0 Å². The van der Waals surface area contributed by atoms with Gasteiger partial charge in [-0.15, -0.1) is 24.0 Å². The first kappa shape index (κ1) is 22.9. The van der Waals surface area contributed by atoms with Gasteiger partial charge in [0.1, 0.15) is 0 Å². The number of hydrogen-bond donors (Lipinski definition) is 2. The minimum absolute atomic E-state index is 0. The Morgan fingerprint density at radius 3 is 2.71 bits per heavy atom. The summed E-state index contributed by atoms with van der Waals surface area (Å²) in [5.41, 5.74) is 3.55. The summed E-state index contributed by atoms with van der Waals surface area (Å²) in [7, 11) is 0. The molecule has 1 aliphatic heterocycles. The topological polar surface area (TPSA) is 52.6 Å². The van der Waals surface area contributed by atoms with Crippen molar-refractivity contribution in [3.8, 4) is 0 Å². The number of halogens is 2. The molecule has 5 nitrogen and oxygen atoms in total. The van der Waals surface area contributed by atoms with Gasteiger partial charge in [0.2, 0.25) is 0 Å². The predicted octanol–water partition coefficient (Wildman–Crippen LogP) is 4.15. The molecule has 7 heteroatoms. The fraction of sp³-hybridized carbons (Fsp3) is 0.429. The molecule has 1 aromatic carbocycles. The Hall–Kier alpha value is -1.35. The molecule has 152 valence electrons. The number of hydrogen-bond acceptors (Lipinski definition) is 3. The summed E-state index contributed by atoms with van der Waals surface area (Å²) in [6.07, 6.45) is 3.96. The van der Waals surface area contributed by atoms with Crippen LogP contribution < -0.4 is 15.5 Å². The lowest BCUT2D eigenvalue weighted by Gasteiger charge is -2.20. The molecule has 1 fully saturated rings. The van der Waals surface area contributed by atoms with Crippen LogP contribution in [0.2, 0.25) is 0 Å². The molecule has 1 aromatic heterocycles. The number of pyridine rings is 1. The Labute approximate surface area is 193 Å². The van der Waals surface area contributed by atoms with E-state index in [-0.39, 0.29) is 24.0 Å². The molecule has 0 spiro atoms. The van der Waals surface area contributed by atoms with Crippen LogP contribution >= 0.6 is 39.9 Å².